The summed E-state index contributed by atoms with van der Waals surface area (Å²) in [6.45, 7) is 16.1. The van der Waals surface area contributed by atoms with E-state index in [4.69, 9.17) is 14.7 Å². The summed E-state index contributed by atoms with van der Waals surface area (Å²) in [7, 11) is 0. The van der Waals surface area contributed by atoms with Crippen LogP contribution < -0.4 is 4.90 Å². The molecule has 5 rings (SSSR count). The molecule has 33 heavy (non-hydrogen) atoms. The van der Waals surface area contributed by atoms with Gasteiger partial charge in [0, 0.05) is 50.7 Å². The molecule has 2 saturated heterocycles. The molecule has 0 radical (unpaired) electrons. The number of rotatable bonds is 5. The van der Waals surface area contributed by atoms with Crippen molar-refractivity contribution in [1.29, 1.82) is 0 Å². The third kappa shape index (κ3) is 5.22. The van der Waals surface area contributed by atoms with Crippen LogP contribution in [0.4, 0.5) is 5.82 Å². The van der Waals surface area contributed by atoms with Gasteiger partial charge in [0.15, 0.2) is 0 Å². The summed E-state index contributed by atoms with van der Waals surface area (Å²) >= 11 is 1.81. The van der Waals surface area contributed by atoms with Gasteiger partial charge in [-0.2, -0.15) is 0 Å². The molecule has 2 aliphatic rings. The molecule has 2 fully saturated rings. The first-order valence-corrected chi connectivity index (χ1v) is 13.0. The van der Waals surface area contributed by atoms with Crippen molar-refractivity contribution in [1.82, 2.24) is 19.8 Å². The highest BCUT2D eigenvalue weighted by molar-refractivity contribution is 7.18. The molecule has 0 saturated carbocycles. The molecule has 0 bridgehead atoms. The third-order valence-electron chi connectivity index (χ3n) is 6.94. The van der Waals surface area contributed by atoms with Crippen LogP contribution in [0, 0.1) is 20.8 Å². The maximum absolute atomic E-state index is 5.52. The molecular formula is C26H35N5OS. The van der Waals surface area contributed by atoms with E-state index in [-0.39, 0.29) is 0 Å². The van der Waals surface area contributed by atoms with Crippen LogP contribution in [0.1, 0.15) is 33.8 Å². The zero-order chi connectivity index (χ0) is 22.8. The van der Waals surface area contributed by atoms with Gasteiger partial charge in [0.2, 0.25) is 0 Å². The molecule has 7 heteroatoms. The van der Waals surface area contributed by atoms with Gasteiger partial charge in [-0.05, 0) is 38.3 Å². The van der Waals surface area contributed by atoms with Crippen molar-refractivity contribution < 1.29 is 4.74 Å². The van der Waals surface area contributed by atoms with Crippen LogP contribution in [-0.2, 0) is 17.8 Å². The maximum Gasteiger partial charge on any atom is 0.146 e. The molecule has 0 atom stereocenters. The van der Waals surface area contributed by atoms with Gasteiger partial charge < -0.3 is 9.64 Å². The summed E-state index contributed by atoms with van der Waals surface area (Å²) in [5, 5.41) is 1.26. The van der Waals surface area contributed by atoms with E-state index >= 15 is 0 Å². The van der Waals surface area contributed by atoms with Gasteiger partial charge in [0.1, 0.15) is 16.5 Å². The molecule has 0 N–H and O–H groups in total. The van der Waals surface area contributed by atoms with E-state index in [9.17, 15) is 0 Å². The SMILES string of the molecule is Cc1ccc(CN2CCCN(c3nc(CN4CCOCC4)nc4sc(C)c(C)c34)CC2)cc1. The van der Waals surface area contributed by atoms with Crippen molar-refractivity contribution in [2.45, 2.75) is 40.3 Å². The monoisotopic (exact) mass is 465 g/mol. The lowest BCUT2D eigenvalue weighted by atomic mass is 10.1. The first-order chi connectivity index (χ1) is 16.1. The summed E-state index contributed by atoms with van der Waals surface area (Å²) in [5.74, 6) is 2.09. The van der Waals surface area contributed by atoms with Crippen molar-refractivity contribution in [3.63, 3.8) is 0 Å². The Morgan fingerprint density at radius 1 is 0.848 bits per heavy atom. The van der Waals surface area contributed by atoms with Gasteiger partial charge in [-0.3, -0.25) is 9.80 Å². The second-order valence-electron chi connectivity index (χ2n) is 9.42. The fourth-order valence-electron chi connectivity index (χ4n) is 4.82. The molecule has 2 aliphatic heterocycles. The minimum Gasteiger partial charge on any atom is -0.379 e. The second kappa shape index (κ2) is 10.1. The van der Waals surface area contributed by atoms with Crippen molar-refractivity contribution in [3.05, 3.63) is 51.7 Å². The molecule has 1 aromatic carbocycles. The van der Waals surface area contributed by atoms with Crippen molar-refractivity contribution in [2.24, 2.45) is 0 Å². The lowest BCUT2D eigenvalue weighted by Gasteiger charge is -2.27. The van der Waals surface area contributed by atoms with Gasteiger partial charge in [-0.15, -0.1) is 11.3 Å². The number of morpholine rings is 1. The van der Waals surface area contributed by atoms with Crippen LogP contribution in [0.15, 0.2) is 24.3 Å². The minimum absolute atomic E-state index is 0.801. The van der Waals surface area contributed by atoms with E-state index in [1.807, 2.05) is 11.3 Å². The lowest BCUT2D eigenvalue weighted by Crippen LogP contribution is -2.36. The van der Waals surface area contributed by atoms with E-state index in [0.29, 0.717) is 0 Å². The smallest absolute Gasteiger partial charge is 0.146 e. The molecule has 2 aromatic heterocycles. The number of aryl methyl sites for hydroxylation is 3. The first kappa shape index (κ1) is 22.7. The second-order valence-corrected chi connectivity index (χ2v) is 10.6. The van der Waals surface area contributed by atoms with Crippen molar-refractivity contribution in [3.8, 4) is 0 Å². The third-order valence-corrected chi connectivity index (χ3v) is 8.04. The summed E-state index contributed by atoms with van der Waals surface area (Å²) in [6, 6.07) is 8.96. The fraction of sp³-hybridized carbons (Fsp3) is 0.538. The Morgan fingerprint density at radius 3 is 2.39 bits per heavy atom. The molecular weight excluding hydrogens is 430 g/mol. The first-order valence-electron chi connectivity index (χ1n) is 12.2. The summed E-state index contributed by atoms with van der Waals surface area (Å²) < 4.78 is 5.52. The number of thiophene rings is 1. The predicted molar refractivity (Wildman–Crippen MR) is 136 cm³/mol. The lowest BCUT2D eigenvalue weighted by molar-refractivity contribution is 0.0331. The van der Waals surface area contributed by atoms with Crippen molar-refractivity contribution in [2.75, 3.05) is 57.4 Å². The largest absolute Gasteiger partial charge is 0.379 e. The number of aromatic nitrogens is 2. The predicted octanol–water partition coefficient (Wildman–Crippen LogP) is 4.16. The number of ether oxygens (including phenoxy) is 1. The number of anilines is 1. The number of fused-ring (bicyclic) bond motifs is 1. The number of hydrogen-bond acceptors (Lipinski definition) is 7. The van der Waals surface area contributed by atoms with Crippen LogP contribution in [0.2, 0.25) is 0 Å². The Bertz CT molecular complexity index is 1090. The Labute approximate surface area is 201 Å². The molecule has 3 aromatic rings. The van der Waals surface area contributed by atoms with E-state index in [1.165, 1.54) is 27.0 Å². The average Bonchev–Trinajstić information content (AvgIpc) is 2.97. The van der Waals surface area contributed by atoms with Gasteiger partial charge in [0.05, 0.1) is 25.1 Å². The Balaban J connectivity index is 1.37. The average molecular weight is 466 g/mol. The van der Waals surface area contributed by atoms with Gasteiger partial charge in [0.25, 0.3) is 0 Å². The maximum atomic E-state index is 5.52. The van der Waals surface area contributed by atoms with E-state index in [1.54, 1.807) is 0 Å². The Morgan fingerprint density at radius 2 is 1.61 bits per heavy atom. The summed E-state index contributed by atoms with van der Waals surface area (Å²) in [5.41, 5.74) is 4.06. The van der Waals surface area contributed by atoms with E-state index < -0.39 is 0 Å². The topological polar surface area (TPSA) is 44.7 Å². The normalized spacial score (nSPS) is 18.7. The quantitative estimate of drug-likeness (QED) is 0.564. The molecule has 6 nitrogen and oxygen atoms in total. The van der Waals surface area contributed by atoms with Gasteiger partial charge in [-0.25, -0.2) is 9.97 Å². The molecule has 4 heterocycles. The van der Waals surface area contributed by atoms with Crippen LogP contribution in [-0.4, -0.2) is 72.3 Å². The van der Waals surface area contributed by atoms with Crippen LogP contribution in [0.25, 0.3) is 10.2 Å². The summed E-state index contributed by atoms with van der Waals surface area (Å²) in [4.78, 5) is 20.2. The number of benzene rings is 1. The highest BCUT2D eigenvalue weighted by Crippen LogP contribution is 2.35. The highest BCUT2D eigenvalue weighted by atomic mass is 32.1. The molecule has 176 valence electrons. The zero-order valence-electron chi connectivity index (χ0n) is 20.1. The van der Waals surface area contributed by atoms with Crippen molar-refractivity contribution >= 4 is 27.4 Å². The van der Waals surface area contributed by atoms with E-state index in [0.717, 1.165) is 88.5 Å². The Kier molecular flexibility index (Phi) is 6.92. The van der Waals surface area contributed by atoms with Crippen LogP contribution >= 0.6 is 11.3 Å². The Hall–Kier alpha value is -2.06. The number of hydrogen-bond donors (Lipinski definition) is 0. The standard InChI is InChI=1S/C26H35N5OS/c1-19-5-7-22(8-6-19)17-29-9-4-10-31(12-11-29)25-24-20(2)21(3)33-26(24)28-23(27-25)18-30-13-15-32-16-14-30/h5-8H,4,9-18H2,1-3H3. The van der Waals surface area contributed by atoms with Crippen LogP contribution in [0.5, 0.6) is 0 Å². The van der Waals surface area contributed by atoms with Gasteiger partial charge >= 0.3 is 0 Å². The molecule has 0 unspecified atom stereocenters. The fourth-order valence-corrected chi connectivity index (χ4v) is 5.87. The van der Waals surface area contributed by atoms with E-state index in [2.05, 4.69) is 59.7 Å². The molecule has 0 aliphatic carbocycles. The highest BCUT2D eigenvalue weighted by Gasteiger charge is 2.23. The van der Waals surface area contributed by atoms with Crippen LogP contribution in [0.3, 0.4) is 0 Å². The minimum atomic E-state index is 0.801. The summed E-state index contributed by atoms with van der Waals surface area (Å²) in [6.07, 6.45) is 1.15. The zero-order valence-corrected chi connectivity index (χ0v) is 21.0. The van der Waals surface area contributed by atoms with Gasteiger partial charge in [-0.1, -0.05) is 29.8 Å². The molecule has 0 amide bonds. The number of nitrogens with zero attached hydrogens (tertiary/aromatic N) is 5. The molecule has 0 spiro atoms.